The maximum Gasteiger partial charge on any atom is 0.262 e. The van der Waals surface area contributed by atoms with Crippen LogP contribution in [0, 0.1) is 11.3 Å². The van der Waals surface area contributed by atoms with Crippen molar-refractivity contribution in [2.45, 2.75) is 4.90 Å². The molecule has 0 bridgehead atoms. The van der Waals surface area contributed by atoms with Crippen LogP contribution in [-0.2, 0) is 9.05 Å². The minimum absolute atomic E-state index is 0.0834. The van der Waals surface area contributed by atoms with Gasteiger partial charge < -0.3 is 0 Å². The van der Waals surface area contributed by atoms with Gasteiger partial charge in [-0.2, -0.15) is 5.26 Å². The molecule has 0 spiro atoms. The summed E-state index contributed by atoms with van der Waals surface area (Å²) in [6.45, 7) is 0. The van der Waals surface area contributed by atoms with Crippen LogP contribution in [-0.4, -0.2) is 8.42 Å². The topological polar surface area (TPSA) is 57.9 Å². The highest BCUT2D eigenvalue weighted by Crippen LogP contribution is 2.37. The molecule has 0 unspecified atom stereocenters. The Morgan fingerprint density at radius 2 is 1.73 bits per heavy atom. The molecule has 0 amide bonds. The summed E-state index contributed by atoms with van der Waals surface area (Å²) in [7, 11) is 1.01. The fourth-order valence-corrected chi connectivity index (χ4v) is 2.65. The fourth-order valence-electron chi connectivity index (χ4n) is 0.870. The maximum absolute atomic E-state index is 11.1. The zero-order valence-electron chi connectivity index (χ0n) is 6.76. The van der Waals surface area contributed by atoms with E-state index in [2.05, 4.69) is 0 Å². The molecule has 8 heteroatoms. The van der Waals surface area contributed by atoms with E-state index in [0.29, 0.717) is 0 Å². The smallest absolute Gasteiger partial charge is 0.207 e. The van der Waals surface area contributed by atoms with Gasteiger partial charge in [0.15, 0.2) is 0 Å². The summed E-state index contributed by atoms with van der Waals surface area (Å²) >= 11 is 16.9. The molecule has 15 heavy (non-hydrogen) atoms. The maximum atomic E-state index is 11.1. The van der Waals surface area contributed by atoms with Gasteiger partial charge in [0.2, 0.25) is 0 Å². The normalized spacial score (nSPS) is 11.1. The number of hydrogen-bond donors (Lipinski definition) is 0. The van der Waals surface area contributed by atoms with Gasteiger partial charge in [-0.25, -0.2) is 8.42 Å². The molecule has 0 atom stereocenters. The predicted molar refractivity (Wildman–Crippen MR) is 59.2 cm³/mol. The second kappa shape index (κ2) is 4.36. The Morgan fingerprint density at radius 1 is 1.20 bits per heavy atom. The SMILES string of the molecule is N#Cc1c(S(=O)(=O)Cl)cc(Cl)c(Cl)c1Cl. The van der Waals surface area contributed by atoms with E-state index in [4.69, 9.17) is 50.7 Å². The molecule has 0 saturated heterocycles. The van der Waals surface area contributed by atoms with Gasteiger partial charge in [0.05, 0.1) is 20.6 Å². The van der Waals surface area contributed by atoms with Crippen LogP contribution in [0.4, 0.5) is 0 Å². The van der Waals surface area contributed by atoms with Gasteiger partial charge in [-0.15, -0.1) is 0 Å². The lowest BCUT2D eigenvalue weighted by molar-refractivity contribution is 0.609. The molecular formula is C7HCl4NO2S. The monoisotopic (exact) mass is 303 g/mol. The van der Waals surface area contributed by atoms with Crippen molar-refractivity contribution >= 4 is 54.5 Å². The van der Waals surface area contributed by atoms with Crippen LogP contribution < -0.4 is 0 Å². The molecule has 0 aliphatic carbocycles. The molecule has 0 radical (unpaired) electrons. The van der Waals surface area contributed by atoms with E-state index in [0.717, 1.165) is 6.07 Å². The lowest BCUT2D eigenvalue weighted by Gasteiger charge is -2.05. The van der Waals surface area contributed by atoms with Crippen molar-refractivity contribution in [3.63, 3.8) is 0 Å². The minimum Gasteiger partial charge on any atom is -0.207 e. The van der Waals surface area contributed by atoms with Crippen LogP contribution >= 0.6 is 45.5 Å². The zero-order chi connectivity index (χ0) is 11.8. The number of nitrogens with zero attached hydrogens (tertiary/aromatic N) is 1. The van der Waals surface area contributed by atoms with Gasteiger partial charge in [-0.05, 0) is 6.07 Å². The van der Waals surface area contributed by atoms with Gasteiger partial charge in [0.1, 0.15) is 11.0 Å². The summed E-state index contributed by atoms with van der Waals surface area (Å²) in [6.07, 6.45) is 0. The molecule has 1 aromatic carbocycles. The number of benzene rings is 1. The van der Waals surface area contributed by atoms with Gasteiger partial charge in [0.25, 0.3) is 9.05 Å². The van der Waals surface area contributed by atoms with Crippen molar-refractivity contribution in [3.05, 3.63) is 26.7 Å². The highest BCUT2D eigenvalue weighted by Gasteiger charge is 2.22. The quantitative estimate of drug-likeness (QED) is 0.590. The van der Waals surface area contributed by atoms with Gasteiger partial charge >= 0.3 is 0 Å². The molecule has 0 saturated carbocycles. The third-order valence-electron chi connectivity index (χ3n) is 1.50. The molecule has 80 valence electrons. The second-order valence-corrected chi connectivity index (χ2v) is 6.11. The van der Waals surface area contributed by atoms with Crippen LogP contribution in [0.1, 0.15) is 5.56 Å². The predicted octanol–water partition coefficient (Wildman–Crippen LogP) is 3.45. The van der Waals surface area contributed by atoms with E-state index in [-0.39, 0.29) is 20.6 Å². The summed E-state index contributed by atoms with van der Waals surface area (Å²) in [6, 6.07) is 2.58. The van der Waals surface area contributed by atoms with Crippen molar-refractivity contribution in [1.82, 2.24) is 0 Å². The van der Waals surface area contributed by atoms with Crippen molar-refractivity contribution in [3.8, 4) is 6.07 Å². The number of nitriles is 1. The van der Waals surface area contributed by atoms with Crippen LogP contribution in [0.5, 0.6) is 0 Å². The first-order chi connectivity index (χ1) is 6.79. The van der Waals surface area contributed by atoms with Crippen molar-refractivity contribution in [2.75, 3.05) is 0 Å². The molecular weight excluding hydrogens is 304 g/mol. The van der Waals surface area contributed by atoms with E-state index in [1.165, 1.54) is 0 Å². The highest BCUT2D eigenvalue weighted by molar-refractivity contribution is 8.13. The molecule has 0 aromatic heterocycles. The third-order valence-corrected chi connectivity index (χ3v) is 4.11. The lowest BCUT2D eigenvalue weighted by atomic mass is 10.2. The first-order valence-electron chi connectivity index (χ1n) is 3.31. The van der Waals surface area contributed by atoms with E-state index < -0.39 is 13.9 Å². The molecule has 1 aromatic rings. The van der Waals surface area contributed by atoms with E-state index in [9.17, 15) is 8.42 Å². The summed E-state index contributed by atoms with van der Waals surface area (Å²) in [5, 5.41) is 8.32. The average Bonchev–Trinajstić information content (AvgIpc) is 2.12. The molecule has 0 N–H and O–H groups in total. The summed E-state index contributed by atoms with van der Waals surface area (Å²) in [5.41, 5.74) is -0.318. The Kier molecular flexibility index (Phi) is 3.75. The van der Waals surface area contributed by atoms with Crippen LogP contribution in [0.3, 0.4) is 0 Å². The van der Waals surface area contributed by atoms with Gasteiger partial charge in [-0.3, -0.25) is 0 Å². The van der Waals surface area contributed by atoms with Gasteiger partial charge in [-0.1, -0.05) is 34.8 Å². The minimum atomic E-state index is -4.09. The van der Waals surface area contributed by atoms with E-state index in [1.54, 1.807) is 6.07 Å². The van der Waals surface area contributed by atoms with Crippen molar-refractivity contribution < 1.29 is 8.42 Å². The van der Waals surface area contributed by atoms with Gasteiger partial charge in [0, 0.05) is 10.7 Å². The third kappa shape index (κ3) is 2.49. The number of halogens is 4. The molecule has 0 aliphatic rings. The molecule has 0 aliphatic heterocycles. The summed E-state index contributed by atoms with van der Waals surface area (Å²) in [5.74, 6) is 0. The second-order valence-electron chi connectivity index (χ2n) is 2.41. The molecule has 1 rings (SSSR count). The van der Waals surface area contributed by atoms with E-state index in [1.807, 2.05) is 0 Å². The largest absolute Gasteiger partial charge is 0.262 e. The van der Waals surface area contributed by atoms with Crippen LogP contribution in [0.15, 0.2) is 11.0 Å². The Bertz CT molecular complexity index is 561. The Morgan fingerprint density at radius 3 is 2.13 bits per heavy atom. The summed E-state index contributed by atoms with van der Waals surface area (Å²) in [4.78, 5) is -0.453. The first kappa shape index (κ1) is 12.9. The molecule has 3 nitrogen and oxygen atoms in total. The van der Waals surface area contributed by atoms with Crippen LogP contribution in [0.2, 0.25) is 15.1 Å². The number of hydrogen-bond acceptors (Lipinski definition) is 3. The van der Waals surface area contributed by atoms with Crippen molar-refractivity contribution in [1.29, 1.82) is 5.26 Å². The standard InChI is InChI=1S/C7HCl4NO2S/c8-4-1-5(15(11,13)14)3(2-12)6(9)7(4)10/h1H. The fraction of sp³-hybridized carbons (Fsp3) is 0. The Hall–Kier alpha value is -0.180. The van der Waals surface area contributed by atoms with Crippen LogP contribution in [0.25, 0.3) is 0 Å². The van der Waals surface area contributed by atoms with Crippen molar-refractivity contribution in [2.24, 2.45) is 0 Å². The molecule has 0 heterocycles. The number of rotatable bonds is 1. The zero-order valence-corrected chi connectivity index (χ0v) is 10.6. The molecule has 0 fully saturated rings. The lowest BCUT2D eigenvalue weighted by Crippen LogP contribution is -1.97. The highest BCUT2D eigenvalue weighted by atomic mass is 35.7. The average molecular weight is 305 g/mol. The first-order valence-corrected chi connectivity index (χ1v) is 6.75. The summed E-state index contributed by atoms with van der Waals surface area (Å²) < 4.78 is 22.2. The Labute approximate surface area is 106 Å². The Balaban J connectivity index is 3.78. The van der Waals surface area contributed by atoms with E-state index >= 15 is 0 Å².